The van der Waals surface area contributed by atoms with Crippen LogP contribution in [0.3, 0.4) is 0 Å². The van der Waals surface area contributed by atoms with Crippen molar-refractivity contribution in [3.05, 3.63) is 11.6 Å². The summed E-state index contributed by atoms with van der Waals surface area (Å²) in [6.45, 7) is 10.5. The van der Waals surface area contributed by atoms with Crippen molar-refractivity contribution >= 4 is 0 Å². The Bertz CT molecular complexity index is 239. The van der Waals surface area contributed by atoms with Gasteiger partial charge in [-0.25, -0.2) is 0 Å². The van der Waals surface area contributed by atoms with Crippen molar-refractivity contribution in [2.24, 2.45) is 5.92 Å². The lowest BCUT2D eigenvalue weighted by Crippen LogP contribution is -2.45. The Morgan fingerprint density at radius 1 is 1.22 bits per heavy atom. The van der Waals surface area contributed by atoms with E-state index in [0.717, 1.165) is 19.1 Å². The SMILES string of the molecule is CCNC(C=C(C)C)C(OCC)C1CCCCC1. The first kappa shape index (κ1) is 15.7. The van der Waals surface area contributed by atoms with Crippen LogP contribution in [-0.2, 0) is 4.74 Å². The van der Waals surface area contributed by atoms with Gasteiger partial charge in [0.05, 0.1) is 12.1 Å². The van der Waals surface area contributed by atoms with Crippen molar-refractivity contribution in [2.75, 3.05) is 13.2 Å². The van der Waals surface area contributed by atoms with E-state index in [9.17, 15) is 0 Å². The maximum absolute atomic E-state index is 6.09. The van der Waals surface area contributed by atoms with Crippen LogP contribution >= 0.6 is 0 Å². The quantitative estimate of drug-likeness (QED) is 0.694. The molecule has 0 aromatic carbocycles. The molecule has 0 heterocycles. The van der Waals surface area contributed by atoms with E-state index >= 15 is 0 Å². The molecule has 0 aromatic heterocycles. The van der Waals surface area contributed by atoms with Crippen molar-refractivity contribution in [1.82, 2.24) is 5.32 Å². The summed E-state index contributed by atoms with van der Waals surface area (Å²) in [4.78, 5) is 0. The zero-order valence-electron chi connectivity index (χ0n) is 12.7. The van der Waals surface area contributed by atoms with Gasteiger partial charge in [-0.15, -0.1) is 0 Å². The molecule has 106 valence electrons. The average Bonchev–Trinajstić information content (AvgIpc) is 2.36. The number of nitrogens with one attached hydrogen (secondary N) is 1. The smallest absolute Gasteiger partial charge is 0.0791 e. The zero-order valence-corrected chi connectivity index (χ0v) is 12.7. The van der Waals surface area contributed by atoms with E-state index < -0.39 is 0 Å². The van der Waals surface area contributed by atoms with Crippen molar-refractivity contribution < 1.29 is 4.74 Å². The third-order valence-electron chi connectivity index (χ3n) is 3.78. The van der Waals surface area contributed by atoms with Crippen LogP contribution < -0.4 is 5.32 Å². The molecular formula is C16H31NO. The van der Waals surface area contributed by atoms with Crippen molar-refractivity contribution in [2.45, 2.75) is 71.9 Å². The molecule has 0 aliphatic heterocycles. The number of hydrogen-bond acceptors (Lipinski definition) is 2. The zero-order chi connectivity index (χ0) is 13.4. The van der Waals surface area contributed by atoms with Crippen LogP contribution in [0.5, 0.6) is 0 Å². The molecule has 0 amide bonds. The first-order chi connectivity index (χ1) is 8.69. The minimum Gasteiger partial charge on any atom is -0.376 e. The summed E-state index contributed by atoms with van der Waals surface area (Å²) < 4.78 is 6.09. The second-order valence-corrected chi connectivity index (χ2v) is 5.65. The predicted molar refractivity (Wildman–Crippen MR) is 78.9 cm³/mol. The largest absolute Gasteiger partial charge is 0.376 e. The summed E-state index contributed by atoms with van der Waals surface area (Å²) in [6, 6.07) is 0.378. The summed E-state index contributed by atoms with van der Waals surface area (Å²) in [5.41, 5.74) is 1.38. The van der Waals surface area contributed by atoms with Gasteiger partial charge in [-0.3, -0.25) is 0 Å². The Labute approximate surface area is 113 Å². The lowest BCUT2D eigenvalue weighted by molar-refractivity contribution is -0.00723. The lowest BCUT2D eigenvalue weighted by atomic mass is 9.82. The highest BCUT2D eigenvalue weighted by Crippen LogP contribution is 2.30. The topological polar surface area (TPSA) is 21.3 Å². The van der Waals surface area contributed by atoms with Crippen molar-refractivity contribution in [1.29, 1.82) is 0 Å². The highest BCUT2D eigenvalue weighted by Gasteiger charge is 2.29. The molecule has 1 aliphatic carbocycles. The Kier molecular flexibility index (Phi) is 7.60. The van der Waals surface area contributed by atoms with Gasteiger partial charge < -0.3 is 10.1 Å². The second kappa shape index (κ2) is 8.71. The number of rotatable bonds is 7. The van der Waals surface area contributed by atoms with Crippen molar-refractivity contribution in [3.8, 4) is 0 Å². The van der Waals surface area contributed by atoms with Gasteiger partial charge in [-0.05, 0) is 46.1 Å². The van der Waals surface area contributed by atoms with Gasteiger partial charge in [0.1, 0.15) is 0 Å². The molecule has 2 atom stereocenters. The fourth-order valence-electron chi connectivity index (χ4n) is 3.05. The van der Waals surface area contributed by atoms with E-state index in [1.807, 2.05) is 0 Å². The van der Waals surface area contributed by atoms with Crippen LogP contribution in [0.25, 0.3) is 0 Å². The molecule has 0 aromatic rings. The third-order valence-corrected chi connectivity index (χ3v) is 3.78. The minimum atomic E-state index is 0.352. The fourth-order valence-corrected chi connectivity index (χ4v) is 3.05. The van der Waals surface area contributed by atoms with Gasteiger partial charge in [0.2, 0.25) is 0 Å². The molecular weight excluding hydrogens is 222 g/mol. The molecule has 2 unspecified atom stereocenters. The predicted octanol–water partition coefficient (Wildman–Crippen LogP) is 3.92. The third kappa shape index (κ3) is 5.11. The number of likely N-dealkylation sites (N-methyl/N-ethyl adjacent to an activating group) is 1. The molecule has 1 fully saturated rings. The van der Waals surface area contributed by atoms with E-state index in [0.29, 0.717) is 12.1 Å². The van der Waals surface area contributed by atoms with E-state index in [4.69, 9.17) is 4.74 Å². The van der Waals surface area contributed by atoms with Crippen LogP contribution in [0.15, 0.2) is 11.6 Å². The molecule has 0 bridgehead atoms. The molecule has 1 rings (SSSR count). The number of allylic oxidation sites excluding steroid dienone is 1. The highest BCUT2D eigenvalue weighted by molar-refractivity contribution is 5.05. The van der Waals surface area contributed by atoms with Gasteiger partial charge in [0.15, 0.2) is 0 Å². The number of hydrogen-bond donors (Lipinski definition) is 1. The van der Waals surface area contributed by atoms with Crippen molar-refractivity contribution in [3.63, 3.8) is 0 Å². The summed E-state index contributed by atoms with van der Waals surface area (Å²) in [5, 5.41) is 3.59. The Morgan fingerprint density at radius 3 is 2.39 bits per heavy atom. The second-order valence-electron chi connectivity index (χ2n) is 5.65. The standard InChI is InChI=1S/C16H31NO/c1-5-17-15(12-13(3)4)16(18-6-2)14-10-8-7-9-11-14/h12,14-17H,5-11H2,1-4H3. The Hall–Kier alpha value is -0.340. The molecule has 0 radical (unpaired) electrons. The van der Waals surface area contributed by atoms with Gasteiger partial charge in [0.25, 0.3) is 0 Å². The fraction of sp³-hybridized carbons (Fsp3) is 0.875. The van der Waals surface area contributed by atoms with E-state index in [1.54, 1.807) is 0 Å². The molecule has 0 saturated heterocycles. The number of ether oxygens (including phenoxy) is 1. The first-order valence-electron chi connectivity index (χ1n) is 7.69. The maximum atomic E-state index is 6.09. The molecule has 1 aliphatic rings. The van der Waals surface area contributed by atoms with E-state index in [1.165, 1.54) is 37.7 Å². The van der Waals surface area contributed by atoms with Gasteiger partial charge in [-0.2, -0.15) is 0 Å². The van der Waals surface area contributed by atoms with Crippen LogP contribution in [-0.4, -0.2) is 25.3 Å². The maximum Gasteiger partial charge on any atom is 0.0791 e. The summed E-state index contributed by atoms with van der Waals surface area (Å²) in [5.74, 6) is 0.735. The molecule has 2 heteroatoms. The van der Waals surface area contributed by atoms with E-state index in [2.05, 4.69) is 39.1 Å². The monoisotopic (exact) mass is 253 g/mol. The van der Waals surface area contributed by atoms with E-state index in [-0.39, 0.29) is 0 Å². The van der Waals surface area contributed by atoms with Crippen LogP contribution in [0.4, 0.5) is 0 Å². The minimum absolute atomic E-state index is 0.352. The molecule has 1 N–H and O–H groups in total. The molecule has 0 spiro atoms. The molecule has 2 nitrogen and oxygen atoms in total. The first-order valence-corrected chi connectivity index (χ1v) is 7.69. The van der Waals surface area contributed by atoms with Crippen LogP contribution in [0.2, 0.25) is 0 Å². The normalized spacial score (nSPS) is 20.4. The van der Waals surface area contributed by atoms with Crippen LogP contribution in [0, 0.1) is 5.92 Å². The molecule has 18 heavy (non-hydrogen) atoms. The summed E-state index contributed by atoms with van der Waals surface area (Å²) >= 11 is 0. The van der Waals surface area contributed by atoms with Gasteiger partial charge >= 0.3 is 0 Å². The molecule has 1 saturated carbocycles. The summed E-state index contributed by atoms with van der Waals surface area (Å²) in [7, 11) is 0. The average molecular weight is 253 g/mol. The highest BCUT2D eigenvalue weighted by atomic mass is 16.5. The summed E-state index contributed by atoms with van der Waals surface area (Å²) in [6.07, 6.45) is 9.53. The van der Waals surface area contributed by atoms with Gasteiger partial charge in [0, 0.05) is 6.61 Å². The lowest BCUT2D eigenvalue weighted by Gasteiger charge is -2.35. The van der Waals surface area contributed by atoms with Gasteiger partial charge in [-0.1, -0.05) is 37.8 Å². The Balaban J connectivity index is 2.73. The Morgan fingerprint density at radius 2 is 1.89 bits per heavy atom. The van der Waals surface area contributed by atoms with Crippen LogP contribution in [0.1, 0.15) is 59.8 Å².